The Morgan fingerprint density at radius 3 is 2.48 bits per heavy atom. The van der Waals surface area contributed by atoms with E-state index in [1.54, 1.807) is 13.8 Å². The molecule has 0 aliphatic heterocycles. The standard InChI is InChI=1S/C13H19N3O5/c1-4-21-11(18)7-16(3)10(17)6-5-9-8(2)14-13(20)15-12(9)19/h4-7H2,1-3H3,(H2,14,15,19,20). The number of aromatic amines is 2. The summed E-state index contributed by atoms with van der Waals surface area (Å²) in [5.41, 5.74) is -0.291. The van der Waals surface area contributed by atoms with Crippen LogP contribution in [0.1, 0.15) is 24.6 Å². The predicted molar refractivity (Wildman–Crippen MR) is 75.0 cm³/mol. The van der Waals surface area contributed by atoms with Crippen molar-refractivity contribution in [1.82, 2.24) is 14.9 Å². The molecule has 0 spiro atoms. The maximum Gasteiger partial charge on any atom is 0.325 e. The van der Waals surface area contributed by atoms with E-state index in [4.69, 9.17) is 4.74 Å². The van der Waals surface area contributed by atoms with E-state index in [1.165, 1.54) is 11.9 Å². The van der Waals surface area contributed by atoms with E-state index < -0.39 is 17.2 Å². The third-order valence-corrected chi connectivity index (χ3v) is 2.94. The van der Waals surface area contributed by atoms with Gasteiger partial charge in [-0.3, -0.25) is 19.4 Å². The molecule has 0 aromatic carbocycles. The molecule has 8 heteroatoms. The van der Waals surface area contributed by atoms with Crippen molar-refractivity contribution in [1.29, 1.82) is 0 Å². The van der Waals surface area contributed by atoms with E-state index in [2.05, 4.69) is 9.97 Å². The van der Waals surface area contributed by atoms with Crippen LogP contribution in [0.25, 0.3) is 0 Å². The first-order chi connectivity index (χ1) is 9.85. The molecule has 0 saturated heterocycles. The van der Waals surface area contributed by atoms with Gasteiger partial charge in [0.05, 0.1) is 6.61 Å². The minimum absolute atomic E-state index is 0.0614. The molecule has 8 nitrogen and oxygen atoms in total. The summed E-state index contributed by atoms with van der Waals surface area (Å²) in [5.74, 6) is -0.764. The number of likely N-dealkylation sites (N-methyl/N-ethyl adjacent to an activating group) is 1. The van der Waals surface area contributed by atoms with Gasteiger partial charge >= 0.3 is 11.7 Å². The van der Waals surface area contributed by atoms with Gasteiger partial charge in [0.1, 0.15) is 6.54 Å². The second-order valence-electron chi connectivity index (χ2n) is 4.57. The SMILES string of the molecule is CCOC(=O)CN(C)C(=O)CCc1c(C)[nH]c(=O)[nH]c1=O. The number of esters is 1. The van der Waals surface area contributed by atoms with Crippen LogP contribution in [0.15, 0.2) is 9.59 Å². The number of nitrogens with zero attached hydrogens (tertiary/aromatic N) is 1. The van der Waals surface area contributed by atoms with Gasteiger partial charge in [0, 0.05) is 24.7 Å². The van der Waals surface area contributed by atoms with Gasteiger partial charge in [-0.1, -0.05) is 0 Å². The van der Waals surface area contributed by atoms with Crippen molar-refractivity contribution in [2.45, 2.75) is 26.7 Å². The van der Waals surface area contributed by atoms with E-state index in [-0.39, 0.29) is 31.9 Å². The summed E-state index contributed by atoms with van der Waals surface area (Å²) in [7, 11) is 1.49. The second-order valence-corrected chi connectivity index (χ2v) is 4.57. The lowest BCUT2D eigenvalue weighted by Crippen LogP contribution is -2.34. The third-order valence-electron chi connectivity index (χ3n) is 2.94. The topological polar surface area (TPSA) is 112 Å². The number of carbonyl (C=O) groups excluding carboxylic acids is 2. The zero-order valence-electron chi connectivity index (χ0n) is 12.3. The van der Waals surface area contributed by atoms with E-state index in [0.717, 1.165) is 0 Å². The molecule has 0 fully saturated rings. The number of H-pyrrole nitrogens is 2. The number of nitrogens with one attached hydrogen (secondary N) is 2. The van der Waals surface area contributed by atoms with Crippen molar-refractivity contribution in [3.05, 3.63) is 32.1 Å². The molecule has 0 aliphatic rings. The van der Waals surface area contributed by atoms with Crippen LogP contribution in [0.4, 0.5) is 0 Å². The maximum atomic E-state index is 11.9. The first-order valence-electron chi connectivity index (χ1n) is 6.56. The molecular weight excluding hydrogens is 278 g/mol. The fourth-order valence-electron chi connectivity index (χ4n) is 1.84. The number of aromatic nitrogens is 2. The van der Waals surface area contributed by atoms with Gasteiger partial charge < -0.3 is 14.6 Å². The molecule has 1 rings (SSSR count). The Labute approximate surface area is 121 Å². The molecule has 0 atom stereocenters. The molecule has 116 valence electrons. The molecule has 0 unspecified atom stereocenters. The largest absolute Gasteiger partial charge is 0.465 e. The lowest BCUT2D eigenvalue weighted by Gasteiger charge is -2.16. The smallest absolute Gasteiger partial charge is 0.325 e. The highest BCUT2D eigenvalue weighted by atomic mass is 16.5. The molecule has 1 amide bonds. The Balaban J connectivity index is 2.63. The molecule has 0 radical (unpaired) electrons. The summed E-state index contributed by atoms with van der Waals surface area (Å²) < 4.78 is 4.75. The van der Waals surface area contributed by atoms with Crippen molar-refractivity contribution >= 4 is 11.9 Å². The van der Waals surface area contributed by atoms with Crippen LogP contribution < -0.4 is 11.2 Å². The Kier molecular flexibility index (Phi) is 5.89. The Bertz CT molecular complexity index is 631. The molecule has 0 aliphatic carbocycles. The van der Waals surface area contributed by atoms with Gasteiger partial charge in [0.25, 0.3) is 5.56 Å². The summed E-state index contributed by atoms with van der Waals surface area (Å²) in [6, 6.07) is 0. The van der Waals surface area contributed by atoms with Crippen LogP contribution in [0.5, 0.6) is 0 Å². The molecule has 1 aromatic rings. The monoisotopic (exact) mass is 297 g/mol. The van der Waals surface area contributed by atoms with Gasteiger partial charge in [-0.15, -0.1) is 0 Å². The molecule has 0 saturated carbocycles. The summed E-state index contributed by atoms with van der Waals surface area (Å²) in [6.07, 6.45) is 0.246. The molecule has 1 aromatic heterocycles. The fourth-order valence-corrected chi connectivity index (χ4v) is 1.84. The fraction of sp³-hybridized carbons (Fsp3) is 0.538. The summed E-state index contributed by atoms with van der Waals surface area (Å²) in [6.45, 7) is 3.41. The zero-order valence-corrected chi connectivity index (χ0v) is 12.3. The number of carbonyl (C=O) groups is 2. The summed E-state index contributed by atoms with van der Waals surface area (Å²) in [5, 5.41) is 0. The van der Waals surface area contributed by atoms with E-state index in [1.807, 2.05) is 0 Å². The van der Waals surface area contributed by atoms with Crippen molar-refractivity contribution in [2.75, 3.05) is 20.2 Å². The lowest BCUT2D eigenvalue weighted by atomic mass is 10.1. The van der Waals surface area contributed by atoms with Crippen LogP contribution in [0.3, 0.4) is 0 Å². The van der Waals surface area contributed by atoms with Gasteiger partial charge in [-0.05, 0) is 20.3 Å². The van der Waals surface area contributed by atoms with Crippen molar-refractivity contribution < 1.29 is 14.3 Å². The quantitative estimate of drug-likeness (QED) is 0.676. The molecule has 1 heterocycles. The van der Waals surface area contributed by atoms with Gasteiger partial charge in [0.15, 0.2) is 0 Å². The highest BCUT2D eigenvalue weighted by Crippen LogP contribution is 2.02. The van der Waals surface area contributed by atoms with Crippen molar-refractivity contribution in [3.8, 4) is 0 Å². The Hall–Kier alpha value is -2.38. The van der Waals surface area contributed by atoms with Crippen LogP contribution in [0, 0.1) is 6.92 Å². The van der Waals surface area contributed by atoms with Crippen LogP contribution in [-0.4, -0.2) is 46.9 Å². The number of aryl methyl sites for hydroxylation is 1. The van der Waals surface area contributed by atoms with Gasteiger partial charge in [-0.2, -0.15) is 0 Å². The average molecular weight is 297 g/mol. The molecule has 2 N–H and O–H groups in total. The Morgan fingerprint density at radius 1 is 1.24 bits per heavy atom. The van der Waals surface area contributed by atoms with Gasteiger partial charge in [0.2, 0.25) is 5.91 Å². The molecular formula is C13H19N3O5. The van der Waals surface area contributed by atoms with Crippen LogP contribution >= 0.6 is 0 Å². The highest BCUT2D eigenvalue weighted by molar-refractivity contribution is 5.81. The van der Waals surface area contributed by atoms with Crippen molar-refractivity contribution in [2.24, 2.45) is 0 Å². The third kappa shape index (κ3) is 4.90. The summed E-state index contributed by atoms with van der Waals surface area (Å²) >= 11 is 0. The van der Waals surface area contributed by atoms with Crippen LogP contribution in [0.2, 0.25) is 0 Å². The first-order valence-corrected chi connectivity index (χ1v) is 6.56. The number of hydrogen-bond donors (Lipinski definition) is 2. The second kappa shape index (κ2) is 7.41. The summed E-state index contributed by atoms with van der Waals surface area (Å²) in [4.78, 5) is 51.7. The first kappa shape index (κ1) is 16.7. The average Bonchev–Trinajstić information content (AvgIpc) is 2.37. The maximum absolute atomic E-state index is 11.9. The minimum atomic E-state index is -0.577. The van der Waals surface area contributed by atoms with E-state index >= 15 is 0 Å². The normalized spacial score (nSPS) is 10.2. The molecule has 0 bridgehead atoms. The van der Waals surface area contributed by atoms with E-state index in [9.17, 15) is 19.2 Å². The van der Waals surface area contributed by atoms with Crippen LogP contribution in [-0.2, 0) is 20.7 Å². The zero-order chi connectivity index (χ0) is 16.0. The minimum Gasteiger partial charge on any atom is -0.465 e. The lowest BCUT2D eigenvalue weighted by molar-refractivity contribution is -0.148. The number of ether oxygens (including phenoxy) is 1. The van der Waals surface area contributed by atoms with Crippen molar-refractivity contribution in [3.63, 3.8) is 0 Å². The molecule has 21 heavy (non-hydrogen) atoms. The van der Waals surface area contributed by atoms with Gasteiger partial charge in [-0.25, -0.2) is 4.79 Å². The van der Waals surface area contributed by atoms with E-state index in [0.29, 0.717) is 11.3 Å². The Morgan fingerprint density at radius 2 is 1.90 bits per heavy atom. The predicted octanol–water partition coefficient (Wildman–Crippen LogP) is -0.674. The number of hydrogen-bond acceptors (Lipinski definition) is 5. The highest BCUT2D eigenvalue weighted by Gasteiger charge is 2.15. The number of amides is 1. The number of rotatable bonds is 6.